The number of benzene rings is 1. The van der Waals surface area contributed by atoms with Crippen LogP contribution in [0.3, 0.4) is 0 Å². The molecule has 2 N–H and O–H groups in total. The van der Waals surface area contributed by atoms with E-state index in [2.05, 4.69) is 39.9 Å². The molecular weight excluding hydrogens is 480 g/mol. The van der Waals surface area contributed by atoms with Crippen LogP contribution in [0.1, 0.15) is 62.2 Å². The number of halogens is 1. The number of carbonyl (C=O) groups excluding carboxylic acids is 1. The second-order valence-corrected chi connectivity index (χ2v) is 12.4. The Morgan fingerprint density at radius 1 is 1.03 bits per heavy atom. The van der Waals surface area contributed by atoms with Crippen molar-refractivity contribution < 1.29 is 4.79 Å². The number of anilines is 1. The summed E-state index contributed by atoms with van der Waals surface area (Å²) in [4.78, 5) is 19.2. The molecule has 0 spiro atoms. The number of nitrogens with zero attached hydrogens (tertiary/aromatic N) is 3. The van der Waals surface area contributed by atoms with Crippen molar-refractivity contribution in [3.63, 3.8) is 0 Å². The van der Waals surface area contributed by atoms with E-state index in [1.165, 1.54) is 63.8 Å². The molecule has 1 amide bonds. The summed E-state index contributed by atoms with van der Waals surface area (Å²) in [7, 11) is 0. The molecule has 5 nitrogen and oxygen atoms in total. The Hall–Kier alpha value is -2.08. The van der Waals surface area contributed by atoms with Crippen molar-refractivity contribution in [2.75, 3.05) is 57.3 Å². The van der Waals surface area contributed by atoms with Crippen molar-refractivity contribution in [3.8, 4) is 0 Å². The molecule has 2 atom stereocenters. The van der Waals surface area contributed by atoms with Gasteiger partial charge in [-0.2, -0.15) is 0 Å². The molecule has 0 bridgehead atoms. The van der Waals surface area contributed by atoms with E-state index in [4.69, 9.17) is 17.3 Å². The van der Waals surface area contributed by atoms with Gasteiger partial charge in [0, 0.05) is 61.5 Å². The number of allylic oxidation sites excluding steroid dienone is 5. The summed E-state index contributed by atoms with van der Waals surface area (Å²) in [5, 5.41) is 0.879. The van der Waals surface area contributed by atoms with E-state index in [1.807, 2.05) is 24.3 Å². The normalized spacial score (nSPS) is 27.9. The molecule has 2 aliphatic heterocycles. The average Bonchev–Trinajstić information content (AvgIpc) is 2.90. The van der Waals surface area contributed by atoms with E-state index in [9.17, 15) is 4.79 Å². The van der Waals surface area contributed by atoms with Crippen molar-refractivity contribution >= 4 is 23.2 Å². The highest BCUT2D eigenvalue weighted by Gasteiger charge is 2.35. The van der Waals surface area contributed by atoms with Crippen molar-refractivity contribution in [1.82, 2.24) is 9.80 Å². The molecule has 37 heavy (non-hydrogen) atoms. The second-order valence-electron chi connectivity index (χ2n) is 11.9. The minimum atomic E-state index is -0.370. The number of nitrogens with two attached hydrogens (primary N) is 1. The van der Waals surface area contributed by atoms with Crippen LogP contribution in [0.2, 0.25) is 0 Å². The van der Waals surface area contributed by atoms with Crippen molar-refractivity contribution in [2.24, 2.45) is 17.1 Å². The third kappa shape index (κ3) is 6.68. The zero-order valence-electron chi connectivity index (χ0n) is 22.4. The summed E-state index contributed by atoms with van der Waals surface area (Å²) in [6, 6.07) is 7.73. The maximum absolute atomic E-state index is 11.4. The first-order valence-electron chi connectivity index (χ1n) is 14.2. The molecule has 6 heteroatoms. The molecule has 5 rings (SSSR count). The fourth-order valence-electron chi connectivity index (χ4n) is 6.85. The summed E-state index contributed by atoms with van der Waals surface area (Å²) in [6.45, 7) is 11.5. The largest absolute Gasteiger partial charge is 0.369 e. The van der Waals surface area contributed by atoms with Crippen LogP contribution in [0.5, 0.6) is 0 Å². The van der Waals surface area contributed by atoms with Gasteiger partial charge in [0.05, 0.1) is 0 Å². The predicted octanol–water partition coefficient (Wildman–Crippen LogP) is 5.58. The third-order valence-corrected chi connectivity index (χ3v) is 9.23. The van der Waals surface area contributed by atoms with Gasteiger partial charge in [-0.3, -0.25) is 9.69 Å². The van der Waals surface area contributed by atoms with Crippen LogP contribution in [0.4, 0.5) is 5.69 Å². The minimum absolute atomic E-state index is 0.367. The Labute approximate surface area is 228 Å². The Morgan fingerprint density at radius 3 is 2.41 bits per heavy atom. The van der Waals surface area contributed by atoms with Gasteiger partial charge in [-0.25, -0.2) is 0 Å². The van der Waals surface area contributed by atoms with Gasteiger partial charge in [-0.1, -0.05) is 48.2 Å². The van der Waals surface area contributed by atoms with Gasteiger partial charge in [-0.15, -0.1) is 0 Å². The lowest BCUT2D eigenvalue weighted by Gasteiger charge is -2.44. The van der Waals surface area contributed by atoms with Crippen LogP contribution in [-0.2, 0) is 0 Å². The van der Waals surface area contributed by atoms with Gasteiger partial charge in [0.25, 0.3) is 0 Å². The molecule has 0 saturated carbocycles. The van der Waals surface area contributed by atoms with E-state index in [0.29, 0.717) is 16.9 Å². The van der Waals surface area contributed by atoms with Gasteiger partial charge in [0.2, 0.25) is 5.91 Å². The number of carbonyl (C=O) groups is 1. The number of primary amides is 1. The summed E-state index contributed by atoms with van der Waals surface area (Å²) in [6.07, 6.45) is 15.5. The van der Waals surface area contributed by atoms with Crippen LogP contribution in [-0.4, -0.2) is 68.1 Å². The van der Waals surface area contributed by atoms with Gasteiger partial charge in [-0.05, 0) is 87.4 Å². The molecule has 1 aromatic rings. The Bertz CT molecular complexity index is 1050. The zero-order valence-corrected chi connectivity index (χ0v) is 23.2. The molecule has 2 aliphatic carbocycles. The molecule has 0 radical (unpaired) electrons. The van der Waals surface area contributed by atoms with Gasteiger partial charge in [0.1, 0.15) is 0 Å². The first-order chi connectivity index (χ1) is 17.9. The molecule has 2 saturated heterocycles. The molecule has 200 valence electrons. The van der Waals surface area contributed by atoms with E-state index in [-0.39, 0.29) is 5.91 Å². The number of hydrogen-bond acceptors (Lipinski definition) is 4. The summed E-state index contributed by atoms with van der Waals surface area (Å²) in [5.74, 6) is 0.132. The smallest absolute Gasteiger partial charge is 0.248 e. The van der Waals surface area contributed by atoms with Crippen molar-refractivity contribution in [2.45, 2.75) is 51.9 Å². The topological polar surface area (TPSA) is 52.8 Å². The monoisotopic (exact) mass is 522 g/mol. The average molecular weight is 523 g/mol. The number of piperazine rings is 1. The number of amides is 1. The van der Waals surface area contributed by atoms with Gasteiger partial charge in [0.15, 0.2) is 0 Å². The van der Waals surface area contributed by atoms with E-state index in [0.717, 1.165) is 44.2 Å². The highest BCUT2D eigenvalue weighted by atomic mass is 35.5. The highest BCUT2D eigenvalue weighted by molar-refractivity contribution is 6.31. The fourth-order valence-corrected chi connectivity index (χ4v) is 7.01. The minimum Gasteiger partial charge on any atom is -0.369 e. The predicted molar refractivity (Wildman–Crippen MR) is 154 cm³/mol. The molecular formula is C31H43ClN4O. The van der Waals surface area contributed by atoms with Crippen LogP contribution in [0, 0.1) is 11.3 Å². The first kappa shape index (κ1) is 26.5. The van der Waals surface area contributed by atoms with Gasteiger partial charge < -0.3 is 15.5 Å². The molecule has 0 aromatic heterocycles. The SMILES string of the molecule is CC1(CN2CCCCC2)CCC(C2C=CC(Cl)=CC2)=C(CN2CCN(c3ccc(C(N)=O)cc3)CC2)C1. The van der Waals surface area contributed by atoms with E-state index >= 15 is 0 Å². The number of likely N-dealkylation sites (tertiary alicyclic amines) is 1. The van der Waals surface area contributed by atoms with Gasteiger partial charge >= 0.3 is 0 Å². The zero-order chi connectivity index (χ0) is 25.8. The lowest BCUT2D eigenvalue weighted by atomic mass is 9.69. The third-order valence-electron chi connectivity index (χ3n) is 8.95. The maximum atomic E-state index is 11.4. The maximum Gasteiger partial charge on any atom is 0.248 e. The molecule has 2 unspecified atom stereocenters. The Kier molecular flexibility index (Phi) is 8.43. The second kappa shape index (κ2) is 11.8. The first-order valence-corrected chi connectivity index (χ1v) is 14.6. The van der Waals surface area contributed by atoms with Crippen LogP contribution >= 0.6 is 11.6 Å². The molecule has 2 heterocycles. The number of piperidine rings is 1. The van der Waals surface area contributed by atoms with Crippen LogP contribution < -0.4 is 10.6 Å². The van der Waals surface area contributed by atoms with E-state index in [1.54, 1.807) is 11.1 Å². The Morgan fingerprint density at radius 2 is 1.76 bits per heavy atom. The Balaban J connectivity index is 1.26. The summed E-state index contributed by atoms with van der Waals surface area (Å²) in [5.41, 5.74) is 10.9. The molecule has 4 aliphatic rings. The molecule has 1 aromatic carbocycles. The quantitative estimate of drug-likeness (QED) is 0.475. The number of hydrogen-bond donors (Lipinski definition) is 1. The lowest BCUT2D eigenvalue weighted by molar-refractivity contribution is 0.100. The van der Waals surface area contributed by atoms with Crippen molar-refractivity contribution in [3.05, 3.63) is 64.2 Å². The van der Waals surface area contributed by atoms with Crippen LogP contribution in [0.25, 0.3) is 0 Å². The standard InChI is InChI=1S/C31H43ClN4O/c1-31(23-35-15-3-2-4-16-35)14-13-29(24-5-9-27(32)10-6-24)26(21-31)22-34-17-19-36(20-18-34)28-11-7-25(8-12-28)30(33)37/h5,7-12,24H,2-4,6,13-23H2,1H3,(H2,33,37). The fraction of sp³-hybridized carbons (Fsp3) is 0.581. The summed E-state index contributed by atoms with van der Waals surface area (Å²) < 4.78 is 0. The lowest BCUT2D eigenvalue weighted by Crippen LogP contribution is -2.48. The number of rotatable bonds is 7. The molecule has 2 fully saturated rings. The van der Waals surface area contributed by atoms with E-state index < -0.39 is 0 Å². The van der Waals surface area contributed by atoms with Crippen molar-refractivity contribution in [1.29, 1.82) is 0 Å². The highest BCUT2D eigenvalue weighted by Crippen LogP contribution is 2.44. The van der Waals surface area contributed by atoms with Crippen LogP contribution in [0.15, 0.2) is 58.7 Å². The summed E-state index contributed by atoms with van der Waals surface area (Å²) >= 11 is 6.27.